The van der Waals surface area contributed by atoms with Gasteiger partial charge in [-0.05, 0) is 24.3 Å². The molecular formula is C14H15NO5S. The first-order valence-electron chi connectivity index (χ1n) is 6.31. The van der Waals surface area contributed by atoms with Crippen molar-refractivity contribution in [3.63, 3.8) is 0 Å². The number of nitrogens with one attached hydrogen (secondary N) is 1. The van der Waals surface area contributed by atoms with Crippen LogP contribution in [0.4, 0.5) is 5.69 Å². The molecule has 1 aromatic carbocycles. The molecule has 0 spiro atoms. The molecule has 0 atom stereocenters. The van der Waals surface area contributed by atoms with Gasteiger partial charge in [0.2, 0.25) is 5.76 Å². The first kappa shape index (κ1) is 15.1. The van der Waals surface area contributed by atoms with Gasteiger partial charge in [0.25, 0.3) is 0 Å². The van der Waals surface area contributed by atoms with Crippen molar-refractivity contribution in [3.8, 4) is 0 Å². The molecule has 0 radical (unpaired) electrons. The van der Waals surface area contributed by atoms with Crippen LogP contribution in [0.5, 0.6) is 0 Å². The van der Waals surface area contributed by atoms with Crippen molar-refractivity contribution >= 4 is 21.5 Å². The molecule has 112 valence electrons. The Hall–Kier alpha value is -2.28. The van der Waals surface area contributed by atoms with Crippen LogP contribution in [0.1, 0.15) is 23.2 Å². The number of benzene rings is 1. The average Bonchev–Trinajstić information content (AvgIpc) is 2.94. The summed E-state index contributed by atoms with van der Waals surface area (Å²) in [5.74, 6) is -0.872. The molecule has 6 nitrogen and oxygen atoms in total. The summed E-state index contributed by atoms with van der Waals surface area (Å²) >= 11 is 0. The number of furan rings is 1. The maximum Gasteiger partial charge on any atom is 0.371 e. The largest absolute Gasteiger partial charge is 0.475 e. The molecule has 21 heavy (non-hydrogen) atoms. The predicted octanol–water partition coefficient (Wildman–Crippen LogP) is 2.38. The number of para-hydroxylation sites is 1. The first-order valence-corrected chi connectivity index (χ1v) is 7.97. The Morgan fingerprint density at radius 1 is 1.24 bits per heavy atom. The summed E-state index contributed by atoms with van der Waals surface area (Å²) in [5, 5.41) is 11.7. The van der Waals surface area contributed by atoms with E-state index in [1.165, 1.54) is 18.2 Å². The minimum absolute atomic E-state index is 0.00953. The lowest BCUT2D eigenvalue weighted by Crippen LogP contribution is -2.08. The van der Waals surface area contributed by atoms with Crippen molar-refractivity contribution in [2.24, 2.45) is 0 Å². The molecule has 2 N–H and O–H groups in total. The molecule has 0 saturated carbocycles. The van der Waals surface area contributed by atoms with Crippen molar-refractivity contribution in [3.05, 3.63) is 47.9 Å². The topological polar surface area (TPSA) is 96.6 Å². The quantitative estimate of drug-likeness (QED) is 0.850. The Bertz CT molecular complexity index is 748. The summed E-state index contributed by atoms with van der Waals surface area (Å²) < 4.78 is 29.1. The van der Waals surface area contributed by atoms with Crippen LogP contribution in [0, 0.1) is 0 Å². The van der Waals surface area contributed by atoms with Crippen molar-refractivity contribution in [1.82, 2.24) is 0 Å². The Morgan fingerprint density at radius 3 is 2.57 bits per heavy atom. The van der Waals surface area contributed by atoms with E-state index in [0.29, 0.717) is 11.4 Å². The second kappa shape index (κ2) is 6.01. The zero-order valence-corrected chi connectivity index (χ0v) is 12.2. The van der Waals surface area contributed by atoms with Crippen LogP contribution in [0.15, 0.2) is 45.7 Å². The van der Waals surface area contributed by atoms with Gasteiger partial charge in [0.15, 0.2) is 9.84 Å². The van der Waals surface area contributed by atoms with E-state index in [1.807, 2.05) is 0 Å². The van der Waals surface area contributed by atoms with Gasteiger partial charge >= 0.3 is 5.97 Å². The fourth-order valence-corrected chi connectivity index (χ4v) is 2.88. The number of hydrogen-bond acceptors (Lipinski definition) is 5. The van der Waals surface area contributed by atoms with E-state index in [9.17, 15) is 13.2 Å². The maximum absolute atomic E-state index is 12.0. The number of hydrogen-bond donors (Lipinski definition) is 2. The summed E-state index contributed by atoms with van der Waals surface area (Å²) in [6, 6.07) is 9.46. The molecule has 0 amide bonds. The Labute approximate surface area is 122 Å². The minimum Gasteiger partial charge on any atom is -0.475 e. The van der Waals surface area contributed by atoms with E-state index in [4.69, 9.17) is 9.52 Å². The van der Waals surface area contributed by atoms with Crippen LogP contribution in [0.25, 0.3) is 0 Å². The van der Waals surface area contributed by atoms with Crippen LogP contribution >= 0.6 is 0 Å². The van der Waals surface area contributed by atoms with Crippen molar-refractivity contribution < 1.29 is 22.7 Å². The summed E-state index contributed by atoms with van der Waals surface area (Å²) in [7, 11) is -3.33. The lowest BCUT2D eigenvalue weighted by molar-refractivity contribution is 0.0660. The normalized spacial score (nSPS) is 11.3. The summed E-state index contributed by atoms with van der Waals surface area (Å²) in [6.07, 6.45) is 0. The van der Waals surface area contributed by atoms with Gasteiger partial charge in [0.05, 0.1) is 22.9 Å². The number of aromatic carboxylic acids is 1. The van der Waals surface area contributed by atoms with Crippen LogP contribution in [-0.4, -0.2) is 25.2 Å². The molecule has 0 fully saturated rings. The van der Waals surface area contributed by atoms with Crippen LogP contribution in [0.3, 0.4) is 0 Å². The molecule has 7 heteroatoms. The smallest absolute Gasteiger partial charge is 0.371 e. The van der Waals surface area contributed by atoms with Crippen LogP contribution in [-0.2, 0) is 16.4 Å². The van der Waals surface area contributed by atoms with E-state index >= 15 is 0 Å². The molecule has 1 heterocycles. The molecule has 0 unspecified atom stereocenters. The third kappa shape index (κ3) is 3.43. The lowest BCUT2D eigenvalue weighted by atomic mass is 10.3. The third-order valence-corrected chi connectivity index (χ3v) is 4.71. The molecule has 0 saturated heterocycles. The molecule has 0 aliphatic carbocycles. The Balaban J connectivity index is 2.18. The van der Waals surface area contributed by atoms with Crippen molar-refractivity contribution in [2.75, 3.05) is 11.1 Å². The van der Waals surface area contributed by atoms with E-state index in [2.05, 4.69) is 5.32 Å². The predicted molar refractivity (Wildman–Crippen MR) is 77.2 cm³/mol. The molecular weight excluding hydrogens is 294 g/mol. The Kier molecular flexibility index (Phi) is 4.32. The summed E-state index contributed by atoms with van der Waals surface area (Å²) in [4.78, 5) is 10.9. The van der Waals surface area contributed by atoms with Gasteiger partial charge in [-0.1, -0.05) is 19.1 Å². The number of rotatable bonds is 6. The average molecular weight is 309 g/mol. The van der Waals surface area contributed by atoms with E-state index in [-0.39, 0.29) is 23.0 Å². The second-order valence-corrected chi connectivity index (χ2v) is 6.57. The fourth-order valence-electron chi connectivity index (χ4n) is 1.81. The third-order valence-electron chi connectivity index (χ3n) is 2.93. The molecule has 1 aromatic heterocycles. The zero-order chi connectivity index (χ0) is 15.5. The SMILES string of the molecule is CCS(=O)(=O)c1ccccc1NCc1ccc(C(=O)O)o1. The highest BCUT2D eigenvalue weighted by molar-refractivity contribution is 7.91. The zero-order valence-electron chi connectivity index (χ0n) is 11.4. The molecule has 0 aliphatic heterocycles. The van der Waals surface area contributed by atoms with E-state index in [0.717, 1.165) is 0 Å². The Morgan fingerprint density at radius 2 is 1.95 bits per heavy atom. The highest BCUT2D eigenvalue weighted by Gasteiger charge is 2.16. The van der Waals surface area contributed by atoms with Crippen molar-refractivity contribution in [2.45, 2.75) is 18.4 Å². The standard InChI is InChI=1S/C14H15NO5S/c1-2-21(18,19)13-6-4-3-5-11(13)15-9-10-7-8-12(20-10)14(16)17/h3-8,15H,2,9H2,1H3,(H,16,17). The highest BCUT2D eigenvalue weighted by atomic mass is 32.2. The van der Waals surface area contributed by atoms with Gasteiger partial charge in [0, 0.05) is 0 Å². The van der Waals surface area contributed by atoms with Gasteiger partial charge < -0.3 is 14.8 Å². The molecule has 2 rings (SSSR count). The monoisotopic (exact) mass is 309 g/mol. The number of carboxylic acids is 1. The summed E-state index contributed by atoms with van der Waals surface area (Å²) in [5.41, 5.74) is 0.465. The number of carbonyl (C=O) groups is 1. The molecule has 0 aliphatic rings. The van der Waals surface area contributed by atoms with Crippen molar-refractivity contribution in [1.29, 1.82) is 0 Å². The van der Waals surface area contributed by atoms with Crippen LogP contribution in [0.2, 0.25) is 0 Å². The second-order valence-electron chi connectivity index (χ2n) is 4.32. The van der Waals surface area contributed by atoms with E-state index < -0.39 is 15.8 Å². The van der Waals surface area contributed by atoms with Gasteiger partial charge in [0.1, 0.15) is 5.76 Å². The number of sulfone groups is 1. The van der Waals surface area contributed by atoms with Gasteiger partial charge in [-0.25, -0.2) is 13.2 Å². The number of carboxylic acid groups (broad SMARTS) is 1. The maximum atomic E-state index is 12.0. The van der Waals surface area contributed by atoms with Crippen LogP contribution < -0.4 is 5.32 Å². The fraction of sp³-hybridized carbons (Fsp3) is 0.214. The van der Waals surface area contributed by atoms with E-state index in [1.54, 1.807) is 25.1 Å². The molecule has 0 bridgehead atoms. The lowest BCUT2D eigenvalue weighted by Gasteiger charge is -2.10. The van der Waals surface area contributed by atoms with Gasteiger partial charge in [-0.3, -0.25) is 0 Å². The number of anilines is 1. The minimum atomic E-state index is -3.33. The van der Waals surface area contributed by atoms with Gasteiger partial charge in [-0.15, -0.1) is 0 Å². The molecule has 2 aromatic rings. The first-order chi connectivity index (χ1) is 9.94. The highest BCUT2D eigenvalue weighted by Crippen LogP contribution is 2.22. The summed E-state index contributed by atoms with van der Waals surface area (Å²) in [6.45, 7) is 1.78. The van der Waals surface area contributed by atoms with Gasteiger partial charge in [-0.2, -0.15) is 0 Å².